The molecule has 27 heavy (non-hydrogen) atoms. The molecule has 0 atom stereocenters. The third-order valence-corrected chi connectivity index (χ3v) is 4.30. The Kier molecular flexibility index (Phi) is 3.89. The van der Waals surface area contributed by atoms with E-state index in [2.05, 4.69) is 15.2 Å². The van der Waals surface area contributed by atoms with Crippen LogP contribution in [0.2, 0.25) is 0 Å². The fraction of sp³-hybridized carbons (Fsp3) is 0. The normalized spacial score (nSPS) is 10.8. The quantitative estimate of drug-likeness (QED) is 0.482. The summed E-state index contributed by atoms with van der Waals surface area (Å²) in [5, 5.41) is 27.4. The highest BCUT2D eigenvalue weighted by Crippen LogP contribution is 2.32. The van der Waals surface area contributed by atoms with Gasteiger partial charge in [0.25, 0.3) is 0 Å². The number of hydrogen-bond donors (Lipinski definition) is 3. The topological polar surface area (TPSA) is 116 Å². The van der Waals surface area contributed by atoms with Crippen LogP contribution in [0.15, 0.2) is 60.9 Å². The number of aromatic carboxylic acids is 1. The predicted octanol–water partition coefficient (Wildman–Crippen LogP) is 3.26. The van der Waals surface area contributed by atoms with E-state index < -0.39 is 5.97 Å². The molecule has 0 aliphatic heterocycles. The number of aromatic hydroxyl groups is 1. The van der Waals surface area contributed by atoms with Crippen LogP contribution in [-0.2, 0) is 0 Å². The van der Waals surface area contributed by atoms with Crippen LogP contribution in [-0.4, -0.2) is 37.1 Å². The average molecular weight is 359 g/mol. The van der Waals surface area contributed by atoms with E-state index in [0.717, 1.165) is 0 Å². The Morgan fingerprint density at radius 2 is 1.67 bits per heavy atom. The zero-order chi connectivity index (χ0) is 19.0. The van der Waals surface area contributed by atoms with Crippen LogP contribution in [0.4, 0.5) is 0 Å². The lowest BCUT2D eigenvalue weighted by molar-refractivity contribution is 0.0697. The molecular formula is C20H13N3O4. The third-order valence-electron chi connectivity index (χ3n) is 4.30. The van der Waals surface area contributed by atoms with Gasteiger partial charge >= 0.3 is 5.97 Å². The highest BCUT2D eigenvalue weighted by molar-refractivity contribution is 6.19. The van der Waals surface area contributed by atoms with E-state index in [1.807, 2.05) is 0 Å². The number of phenolic OH excluding ortho intramolecular Hbond substituents is 1. The summed E-state index contributed by atoms with van der Waals surface area (Å²) < 4.78 is 0. The van der Waals surface area contributed by atoms with Crippen LogP contribution in [0.3, 0.4) is 0 Å². The number of aromatic amines is 1. The van der Waals surface area contributed by atoms with Crippen molar-refractivity contribution in [1.82, 2.24) is 15.2 Å². The van der Waals surface area contributed by atoms with Crippen molar-refractivity contribution in [3.8, 4) is 16.9 Å². The lowest BCUT2D eigenvalue weighted by atomic mass is 9.95. The zero-order valence-electron chi connectivity index (χ0n) is 13.9. The Balaban J connectivity index is 1.95. The van der Waals surface area contributed by atoms with Crippen molar-refractivity contribution in [3.63, 3.8) is 0 Å². The molecule has 4 aromatic rings. The van der Waals surface area contributed by atoms with Gasteiger partial charge in [-0.25, -0.2) is 4.79 Å². The van der Waals surface area contributed by atoms with Crippen molar-refractivity contribution in [1.29, 1.82) is 0 Å². The first-order chi connectivity index (χ1) is 13.1. The van der Waals surface area contributed by atoms with E-state index in [-0.39, 0.29) is 17.1 Å². The molecule has 3 N–H and O–H groups in total. The number of fused-ring (bicyclic) bond motifs is 1. The van der Waals surface area contributed by atoms with Crippen LogP contribution < -0.4 is 0 Å². The van der Waals surface area contributed by atoms with Crippen molar-refractivity contribution in [3.05, 3.63) is 77.6 Å². The third kappa shape index (κ3) is 2.81. The second-order valence-corrected chi connectivity index (χ2v) is 5.91. The van der Waals surface area contributed by atoms with Gasteiger partial charge in [-0.15, -0.1) is 5.10 Å². The van der Waals surface area contributed by atoms with Gasteiger partial charge in [0, 0.05) is 22.7 Å². The van der Waals surface area contributed by atoms with Crippen LogP contribution in [0, 0.1) is 0 Å². The van der Waals surface area contributed by atoms with Gasteiger partial charge in [-0.1, -0.05) is 18.2 Å². The SMILES string of the molecule is O=C(O)c1ccccc1-c1cnnc2[nH]cc(C(=O)c3ccc(O)cc3)c12. The summed E-state index contributed by atoms with van der Waals surface area (Å²) in [7, 11) is 0. The molecule has 0 radical (unpaired) electrons. The van der Waals surface area contributed by atoms with Crippen molar-refractivity contribution < 1.29 is 19.8 Å². The van der Waals surface area contributed by atoms with E-state index >= 15 is 0 Å². The number of aromatic nitrogens is 3. The van der Waals surface area contributed by atoms with E-state index in [9.17, 15) is 19.8 Å². The fourth-order valence-electron chi connectivity index (χ4n) is 3.03. The van der Waals surface area contributed by atoms with Crippen LogP contribution >= 0.6 is 0 Å². The number of benzene rings is 2. The lowest BCUT2D eigenvalue weighted by Crippen LogP contribution is -2.03. The minimum absolute atomic E-state index is 0.0624. The number of H-pyrrole nitrogens is 1. The summed E-state index contributed by atoms with van der Waals surface area (Å²) in [5.74, 6) is -1.28. The molecule has 0 saturated carbocycles. The van der Waals surface area contributed by atoms with Crippen LogP contribution in [0.1, 0.15) is 26.3 Å². The first kappa shape index (κ1) is 16.5. The molecule has 7 heteroatoms. The Morgan fingerprint density at radius 3 is 2.41 bits per heavy atom. The second-order valence-electron chi connectivity index (χ2n) is 5.91. The van der Waals surface area contributed by atoms with Crippen molar-refractivity contribution in [2.45, 2.75) is 0 Å². The minimum Gasteiger partial charge on any atom is -0.508 e. The molecule has 0 aliphatic rings. The molecule has 0 amide bonds. The molecule has 2 aromatic carbocycles. The number of carboxylic acid groups (broad SMARTS) is 1. The number of nitrogens with one attached hydrogen (secondary N) is 1. The number of rotatable bonds is 4. The summed E-state index contributed by atoms with van der Waals surface area (Å²) in [5.41, 5.74) is 2.18. The predicted molar refractivity (Wildman–Crippen MR) is 97.8 cm³/mol. The van der Waals surface area contributed by atoms with Crippen molar-refractivity contribution in [2.24, 2.45) is 0 Å². The summed E-state index contributed by atoms with van der Waals surface area (Å²) >= 11 is 0. The van der Waals surface area contributed by atoms with Gasteiger partial charge in [0.1, 0.15) is 5.75 Å². The maximum atomic E-state index is 13.0. The Bertz CT molecular complexity index is 1180. The highest BCUT2D eigenvalue weighted by Gasteiger charge is 2.21. The van der Waals surface area contributed by atoms with E-state index in [0.29, 0.717) is 33.3 Å². The monoisotopic (exact) mass is 359 g/mol. The molecule has 0 unspecified atom stereocenters. The number of nitrogens with zero attached hydrogens (tertiary/aromatic N) is 2. The number of hydrogen-bond acceptors (Lipinski definition) is 5. The molecule has 132 valence electrons. The molecule has 4 rings (SSSR count). The molecule has 2 heterocycles. The number of carboxylic acids is 1. The maximum Gasteiger partial charge on any atom is 0.336 e. The summed E-state index contributed by atoms with van der Waals surface area (Å²) in [6.45, 7) is 0. The molecular weight excluding hydrogens is 346 g/mol. The van der Waals surface area contributed by atoms with Gasteiger partial charge in [0.2, 0.25) is 0 Å². The Morgan fingerprint density at radius 1 is 0.926 bits per heavy atom. The van der Waals surface area contributed by atoms with Crippen LogP contribution in [0.25, 0.3) is 22.2 Å². The van der Waals surface area contributed by atoms with E-state index in [1.165, 1.54) is 42.7 Å². The van der Waals surface area contributed by atoms with Gasteiger partial charge in [0.05, 0.1) is 17.3 Å². The van der Waals surface area contributed by atoms with Crippen molar-refractivity contribution >= 4 is 22.8 Å². The van der Waals surface area contributed by atoms with Crippen LogP contribution in [0.5, 0.6) is 5.75 Å². The maximum absolute atomic E-state index is 13.0. The fourth-order valence-corrected chi connectivity index (χ4v) is 3.03. The van der Waals surface area contributed by atoms with Gasteiger partial charge in [-0.2, -0.15) is 5.10 Å². The number of ketones is 1. The first-order valence-corrected chi connectivity index (χ1v) is 8.05. The van der Waals surface area contributed by atoms with Gasteiger partial charge in [0.15, 0.2) is 11.4 Å². The van der Waals surface area contributed by atoms with Gasteiger partial charge < -0.3 is 15.2 Å². The average Bonchev–Trinajstić information content (AvgIpc) is 3.12. The zero-order valence-corrected chi connectivity index (χ0v) is 13.9. The number of phenols is 1. The molecule has 0 fully saturated rings. The second kappa shape index (κ2) is 6.38. The Hall–Kier alpha value is -4.00. The molecule has 0 saturated heterocycles. The van der Waals surface area contributed by atoms with Gasteiger partial charge in [-0.05, 0) is 35.9 Å². The van der Waals surface area contributed by atoms with E-state index in [4.69, 9.17) is 0 Å². The summed E-state index contributed by atoms with van der Waals surface area (Å²) in [6.07, 6.45) is 2.98. The number of carbonyl (C=O) groups excluding carboxylic acids is 1. The van der Waals surface area contributed by atoms with Crippen molar-refractivity contribution in [2.75, 3.05) is 0 Å². The minimum atomic E-state index is -1.07. The first-order valence-electron chi connectivity index (χ1n) is 8.05. The Labute approximate surface area is 152 Å². The molecule has 0 spiro atoms. The standard InChI is InChI=1S/C20H13N3O4/c24-12-7-5-11(6-8-12)18(25)16-9-21-19-17(16)15(10-22-23-19)13-3-1-2-4-14(13)20(26)27/h1-10,24H,(H,21,23)(H,26,27). The summed E-state index contributed by atoms with van der Waals surface area (Å²) in [4.78, 5) is 27.5. The number of carbonyl (C=O) groups is 2. The molecule has 0 bridgehead atoms. The highest BCUT2D eigenvalue weighted by atomic mass is 16.4. The molecule has 7 nitrogen and oxygen atoms in total. The molecule has 2 aromatic heterocycles. The lowest BCUT2D eigenvalue weighted by Gasteiger charge is -2.08. The summed E-state index contributed by atoms with van der Waals surface area (Å²) in [6, 6.07) is 12.4. The smallest absolute Gasteiger partial charge is 0.336 e. The largest absolute Gasteiger partial charge is 0.508 e. The van der Waals surface area contributed by atoms with E-state index in [1.54, 1.807) is 18.2 Å². The van der Waals surface area contributed by atoms with Gasteiger partial charge in [-0.3, -0.25) is 4.79 Å². The molecule has 0 aliphatic carbocycles.